The van der Waals surface area contributed by atoms with Gasteiger partial charge < -0.3 is 14.8 Å². The van der Waals surface area contributed by atoms with E-state index >= 15 is 0 Å². The Bertz CT molecular complexity index is 1140. The summed E-state index contributed by atoms with van der Waals surface area (Å²) in [4.78, 5) is 15.7. The van der Waals surface area contributed by atoms with Crippen LogP contribution in [0.25, 0.3) is 0 Å². The number of para-hydroxylation sites is 1. The molecule has 204 valence electrons. The van der Waals surface area contributed by atoms with Crippen LogP contribution in [0.4, 0.5) is 30.9 Å². The van der Waals surface area contributed by atoms with Gasteiger partial charge in [0.2, 0.25) is 0 Å². The number of aryl methyl sites for hydroxylation is 1. The summed E-state index contributed by atoms with van der Waals surface area (Å²) in [6.07, 6.45) is 9.58. The number of tetrazole rings is 1. The largest absolute Gasteiger partial charge is 0.353 e. The molecule has 1 atom stereocenters. The summed E-state index contributed by atoms with van der Waals surface area (Å²) in [5.74, 6) is -1.56. The molecule has 1 unspecified atom stereocenters. The quantitative estimate of drug-likeness (QED) is 0.265. The van der Waals surface area contributed by atoms with E-state index in [2.05, 4.69) is 20.7 Å². The second-order valence-electron chi connectivity index (χ2n) is 9.20. The van der Waals surface area contributed by atoms with Crippen LogP contribution in [0.3, 0.4) is 0 Å². The van der Waals surface area contributed by atoms with Gasteiger partial charge in [-0.15, -0.1) is 5.10 Å². The van der Waals surface area contributed by atoms with Crippen molar-refractivity contribution in [3.63, 3.8) is 0 Å². The van der Waals surface area contributed by atoms with E-state index in [-0.39, 0.29) is 17.9 Å². The predicted octanol–water partition coefficient (Wildman–Crippen LogP) is 6.21. The van der Waals surface area contributed by atoms with Crippen molar-refractivity contribution >= 4 is 23.4 Å². The topological polar surface area (TPSA) is 94.4 Å². The lowest BCUT2D eigenvalue weighted by Gasteiger charge is -2.22. The molecule has 9 nitrogen and oxygen atoms in total. The Morgan fingerprint density at radius 1 is 1.05 bits per heavy atom. The van der Waals surface area contributed by atoms with Crippen molar-refractivity contribution in [1.29, 1.82) is 0 Å². The smallest absolute Gasteiger partial charge is 0.333 e. The Morgan fingerprint density at radius 3 is 2.61 bits per heavy atom. The number of aromatic nitrogens is 4. The monoisotopic (exact) mass is 528 g/mol. The SMILES string of the molecule is O=C(Nc1ccc(F)cc1F)N(c1ccccc1)c1nnn(CCCCCCCCOC2CCCCO2)n1. The first-order valence-electron chi connectivity index (χ1n) is 13.2. The molecule has 3 aromatic rings. The van der Waals surface area contributed by atoms with E-state index in [0.29, 0.717) is 18.3 Å². The molecular formula is C27H34F2N6O3. The van der Waals surface area contributed by atoms with E-state index in [1.165, 1.54) is 16.1 Å². The minimum atomic E-state index is -0.881. The van der Waals surface area contributed by atoms with Gasteiger partial charge in [0.15, 0.2) is 6.29 Å². The molecule has 4 rings (SSSR count). The van der Waals surface area contributed by atoms with Crippen LogP contribution in [0, 0.1) is 11.6 Å². The molecule has 2 heterocycles. The summed E-state index contributed by atoms with van der Waals surface area (Å²) < 4.78 is 38.7. The maximum Gasteiger partial charge on any atom is 0.333 e. The van der Waals surface area contributed by atoms with Crippen molar-refractivity contribution in [3.8, 4) is 0 Å². The highest BCUT2D eigenvalue weighted by Crippen LogP contribution is 2.24. The number of nitrogens with one attached hydrogen (secondary N) is 1. The Labute approximate surface area is 221 Å². The highest BCUT2D eigenvalue weighted by atomic mass is 19.1. The number of unbranched alkanes of at least 4 members (excludes halogenated alkanes) is 5. The highest BCUT2D eigenvalue weighted by Gasteiger charge is 2.24. The van der Waals surface area contributed by atoms with Gasteiger partial charge in [0.1, 0.15) is 11.6 Å². The summed E-state index contributed by atoms with van der Waals surface area (Å²) in [7, 11) is 0. The van der Waals surface area contributed by atoms with Crippen LogP contribution < -0.4 is 10.2 Å². The first-order valence-corrected chi connectivity index (χ1v) is 13.2. The van der Waals surface area contributed by atoms with E-state index in [4.69, 9.17) is 9.47 Å². The molecule has 2 aromatic carbocycles. The summed E-state index contributed by atoms with van der Waals surface area (Å²) in [5, 5.41) is 15.0. The van der Waals surface area contributed by atoms with Crippen LogP contribution in [0.5, 0.6) is 0 Å². The summed E-state index contributed by atoms with van der Waals surface area (Å²) >= 11 is 0. The van der Waals surface area contributed by atoms with E-state index in [1.807, 2.05) is 6.07 Å². The van der Waals surface area contributed by atoms with Crippen molar-refractivity contribution in [2.45, 2.75) is 70.6 Å². The van der Waals surface area contributed by atoms with Crippen LogP contribution in [0.1, 0.15) is 57.8 Å². The van der Waals surface area contributed by atoms with Gasteiger partial charge in [0.05, 0.1) is 17.9 Å². The second-order valence-corrected chi connectivity index (χ2v) is 9.20. The van der Waals surface area contributed by atoms with Gasteiger partial charge in [-0.25, -0.2) is 18.5 Å². The lowest BCUT2D eigenvalue weighted by Crippen LogP contribution is -2.32. The van der Waals surface area contributed by atoms with Crippen molar-refractivity contribution < 1.29 is 23.0 Å². The third-order valence-electron chi connectivity index (χ3n) is 6.23. The van der Waals surface area contributed by atoms with Gasteiger partial charge >= 0.3 is 6.03 Å². The summed E-state index contributed by atoms with van der Waals surface area (Å²) in [6.45, 7) is 2.11. The molecule has 0 bridgehead atoms. The molecule has 11 heteroatoms. The third kappa shape index (κ3) is 8.29. The van der Waals surface area contributed by atoms with E-state index in [0.717, 1.165) is 76.7 Å². The van der Waals surface area contributed by atoms with Gasteiger partial charge in [-0.3, -0.25) is 0 Å². The van der Waals surface area contributed by atoms with Crippen LogP contribution in [-0.4, -0.2) is 45.7 Å². The number of urea groups is 1. The Hall–Kier alpha value is -3.44. The van der Waals surface area contributed by atoms with Crippen LogP contribution in [-0.2, 0) is 16.0 Å². The maximum absolute atomic E-state index is 14.1. The molecule has 1 aliphatic rings. The number of nitrogens with zero attached hydrogens (tertiary/aromatic N) is 5. The Kier molecular flexibility index (Phi) is 10.5. The molecule has 1 fully saturated rings. The van der Waals surface area contributed by atoms with Crippen molar-refractivity contribution in [2.24, 2.45) is 0 Å². The highest BCUT2D eigenvalue weighted by molar-refractivity contribution is 6.05. The molecule has 1 saturated heterocycles. The molecule has 0 aliphatic carbocycles. The molecule has 0 spiro atoms. The van der Waals surface area contributed by atoms with Gasteiger partial charge in [0.25, 0.3) is 5.95 Å². The number of benzene rings is 2. The number of hydrogen-bond donors (Lipinski definition) is 1. The molecule has 1 aromatic heterocycles. The van der Waals surface area contributed by atoms with E-state index in [1.54, 1.807) is 24.3 Å². The van der Waals surface area contributed by atoms with E-state index < -0.39 is 17.7 Å². The van der Waals surface area contributed by atoms with Gasteiger partial charge in [-0.2, -0.15) is 4.80 Å². The van der Waals surface area contributed by atoms with E-state index in [9.17, 15) is 13.6 Å². The first kappa shape index (κ1) is 27.6. The molecule has 2 amide bonds. The molecule has 1 N–H and O–H groups in total. The normalized spacial score (nSPS) is 15.4. The lowest BCUT2D eigenvalue weighted by atomic mass is 10.1. The van der Waals surface area contributed by atoms with Crippen molar-refractivity contribution in [1.82, 2.24) is 20.2 Å². The number of hydrogen-bond acceptors (Lipinski definition) is 6. The van der Waals surface area contributed by atoms with Gasteiger partial charge in [-0.05, 0) is 61.6 Å². The Balaban J connectivity index is 1.23. The summed E-state index contributed by atoms with van der Waals surface area (Å²) in [6, 6.07) is 11.0. The van der Waals surface area contributed by atoms with Gasteiger partial charge in [0, 0.05) is 19.3 Å². The molecule has 0 saturated carbocycles. The standard InChI is InChI=1S/C27H34F2N6O3/c28-21-15-16-24(23(29)20-21)30-27(36)35(22-12-6-5-7-13-22)26-31-33-34(32-26)17-9-3-1-2-4-10-18-37-25-14-8-11-19-38-25/h5-7,12-13,15-16,20,25H,1-4,8-11,14,17-19H2,(H,30,36). The van der Waals surface area contributed by atoms with Crippen molar-refractivity contribution in [2.75, 3.05) is 23.4 Å². The minimum absolute atomic E-state index is 0.0169. The number of anilines is 3. The first-order chi connectivity index (χ1) is 18.6. The fourth-order valence-corrected chi connectivity index (χ4v) is 4.20. The zero-order valence-corrected chi connectivity index (χ0v) is 21.4. The fourth-order valence-electron chi connectivity index (χ4n) is 4.20. The van der Waals surface area contributed by atoms with Crippen LogP contribution in [0.2, 0.25) is 0 Å². The molecule has 38 heavy (non-hydrogen) atoms. The number of halogens is 2. The fraction of sp³-hybridized carbons (Fsp3) is 0.481. The summed E-state index contributed by atoms with van der Waals surface area (Å²) in [5.41, 5.74) is 0.324. The second kappa shape index (κ2) is 14.5. The van der Waals surface area contributed by atoms with Crippen molar-refractivity contribution in [3.05, 3.63) is 60.2 Å². The number of amides is 2. The number of rotatable bonds is 13. The number of ether oxygens (including phenoxy) is 2. The molecule has 0 radical (unpaired) electrons. The number of carbonyl (C=O) groups excluding carboxylic acids is 1. The predicted molar refractivity (Wildman–Crippen MR) is 139 cm³/mol. The zero-order valence-electron chi connectivity index (χ0n) is 21.4. The number of carbonyl (C=O) groups is 1. The zero-order chi connectivity index (χ0) is 26.6. The Morgan fingerprint density at radius 2 is 1.84 bits per heavy atom. The average Bonchev–Trinajstić information content (AvgIpc) is 3.39. The third-order valence-corrected chi connectivity index (χ3v) is 6.23. The minimum Gasteiger partial charge on any atom is -0.353 e. The average molecular weight is 529 g/mol. The molecule has 1 aliphatic heterocycles. The van der Waals surface area contributed by atoms with Crippen LogP contribution >= 0.6 is 0 Å². The lowest BCUT2D eigenvalue weighted by molar-refractivity contribution is -0.162. The maximum atomic E-state index is 14.1. The van der Waals surface area contributed by atoms with Crippen LogP contribution in [0.15, 0.2) is 48.5 Å². The molecular weight excluding hydrogens is 494 g/mol. The van der Waals surface area contributed by atoms with Gasteiger partial charge in [-0.1, -0.05) is 49.0 Å².